The van der Waals surface area contributed by atoms with Crippen molar-refractivity contribution >= 4 is 10.0 Å². The third kappa shape index (κ3) is 3.37. The van der Waals surface area contributed by atoms with E-state index in [2.05, 4.69) is 11.6 Å². The summed E-state index contributed by atoms with van der Waals surface area (Å²) in [5.41, 5.74) is 5.96. The smallest absolute Gasteiger partial charge is 0.241 e. The molecule has 1 aliphatic carbocycles. The summed E-state index contributed by atoms with van der Waals surface area (Å²) in [6.07, 6.45) is 4.29. The van der Waals surface area contributed by atoms with Gasteiger partial charge in [0.25, 0.3) is 0 Å². The van der Waals surface area contributed by atoms with Gasteiger partial charge in [0.2, 0.25) is 10.0 Å². The minimum Gasteiger partial charge on any atom is -0.326 e. The van der Waals surface area contributed by atoms with Gasteiger partial charge in [-0.2, -0.15) is 0 Å². The van der Waals surface area contributed by atoms with Crippen molar-refractivity contribution in [3.63, 3.8) is 0 Å². The van der Waals surface area contributed by atoms with Crippen LogP contribution in [-0.2, 0) is 16.6 Å². The lowest BCUT2D eigenvalue weighted by Crippen LogP contribution is -2.34. The summed E-state index contributed by atoms with van der Waals surface area (Å²) in [5.74, 6) is -0.574. The molecule has 0 amide bonds. The number of benzene rings is 1. The summed E-state index contributed by atoms with van der Waals surface area (Å²) in [4.78, 5) is -0.0541. The van der Waals surface area contributed by atoms with Gasteiger partial charge in [0.15, 0.2) is 0 Å². The van der Waals surface area contributed by atoms with Crippen LogP contribution in [0.4, 0.5) is 4.39 Å². The van der Waals surface area contributed by atoms with Gasteiger partial charge >= 0.3 is 0 Å². The summed E-state index contributed by atoms with van der Waals surface area (Å²) in [5, 5.41) is 0. The van der Waals surface area contributed by atoms with E-state index in [-0.39, 0.29) is 16.9 Å². The fraction of sp³-hybridized carbons (Fsp3) is 0.571. The molecule has 1 aliphatic rings. The van der Waals surface area contributed by atoms with E-state index < -0.39 is 15.8 Å². The first-order chi connectivity index (χ1) is 9.36. The lowest BCUT2D eigenvalue weighted by Gasteiger charge is -2.24. The van der Waals surface area contributed by atoms with E-state index in [0.29, 0.717) is 12.1 Å². The van der Waals surface area contributed by atoms with E-state index in [1.165, 1.54) is 12.1 Å². The molecule has 1 fully saturated rings. The van der Waals surface area contributed by atoms with Crippen molar-refractivity contribution in [3.8, 4) is 0 Å². The molecule has 4 nitrogen and oxygen atoms in total. The molecular weight excluding hydrogens is 279 g/mol. The quantitative estimate of drug-likeness (QED) is 0.875. The van der Waals surface area contributed by atoms with E-state index in [0.717, 1.165) is 31.7 Å². The molecule has 6 heteroatoms. The molecule has 112 valence electrons. The molecule has 2 rings (SSSR count). The van der Waals surface area contributed by atoms with Gasteiger partial charge in [0, 0.05) is 13.1 Å². The minimum absolute atomic E-state index is 0.00325. The Balaban J connectivity index is 2.20. The summed E-state index contributed by atoms with van der Waals surface area (Å²) in [6, 6.07) is 3.67. The molecule has 0 saturated heterocycles. The molecule has 0 bridgehead atoms. The lowest BCUT2D eigenvalue weighted by atomic mass is 9.89. The van der Waals surface area contributed by atoms with Crippen molar-refractivity contribution in [2.24, 2.45) is 11.1 Å². The average molecular weight is 300 g/mol. The Labute approximate surface area is 119 Å². The van der Waals surface area contributed by atoms with Crippen molar-refractivity contribution in [2.75, 3.05) is 6.54 Å². The fourth-order valence-electron chi connectivity index (χ4n) is 2.70. The largest absolute Gasteiger partial charge is 0.326 e. The van der Waals surface area contributed by atoms with Gasteiger partial charge in [-0.3, -0.25) is 0 Å². The SMILES string of the molecule is CC1(CNS(=O)(=O)c2cc(F)ccc2CN)CCCC1. The van der Waals surface area contributed by atoms with Crippen molar-refractivity contribution < 1.29 is 12.8 Å². The Morgan fingerprint density at radius 1 is 1.35 bits per heavy atom. The van der Waals surface area contributed by atoms with Gasteiger partial charge in [-0.15, -0.1) is 0 Å². The van der Waals surface area contributed by atoms with E-state index in [1.807, 2.05) is 0 Å². The summed E-state index contributed by atoms with van der Waals surface area (Å²) in [6.45, 7) is 2.53. The summed E-state index contributed by atoms with van der Waals surface area (Å²) >= 11 is 0. The standard InChI is InChI=1S/C14H21FN2O2S/c1-14(6-2-3-7-14)10-17-20(18,19)13-8-12(15)5-4-11(13)9-16/h4-5,8,17H,2-3,6-7,9-10,16H2,1H3. The molecular formula is C14H21FN2O2S. The Kier molecular flexibility index (Phi) is 4.46. The molecule has 0 aliphatic heterocycles. The number of nitrogens with two attached hydrogens (primary N) is 1. The van der Waals surface area contributed by atoms with Gasteiger partial charge in [0.05, 0.1) is 4.90 Å². The lowest BCUT2D eigenvalue weighted by molar-refractivity contribution is 0.336. The second kappa shape index (κ2) is 5.79. The molecule has 1 saturated carbocycles. The van der Waals surface area contributed by atoms with Crippen LogP contribution in [-0.4, -0.2) is 15.0 Å². The predicted octanol–water partition coefficient (Wildman–Crippen LogP) is 2.14. The predicted molar refractivity (Wildman–Crippen MR) is 76.1 cm³/mol. The second-order valence-electron chi connectivity index (χ2n) is 5.80. The van der Waals surface area contributed by atoms with Crippen LogP contribution in [0.5, 0.6) is 0 Å². The Bertz CT molecular complexity index is 581. The highest BCUT2D eigenvalue weighted by atomic mass is 32.2. The van der Waals surface area contributed by atoms with Crippen LogP contribution in [0.15, 0.2) is 23.1 Å². The van der Waals surface area contributed by atoms with Gasteiger partial charge in [-0.05, 0) is 36.0 Å². The second-order valence-corrected chi connectivity index (χ2v) is 7.53. The maximum absolute atomic E-state index is 13.3. The monoisotopic (exact) mass is 300 g/mol. The van der Waals surface area contributed by atoms with Gasteiger partial charge in [0.1, 0.15) is 5.82 Å². The number of nitrogens with one attached hydrogen (secondary N) is 1. The van der Waals surface area contributed by atoms with Crippen LogP contribution in [0, 0.1) is 11.2 Å². The van der Waals surface area contributed by atoms with Crippen LogP contribution in [0.3, 0.4) is 0 Å². The molecule has 0 radical (unpaired) electrons. The zero-order valence-electron chi connectivity index (χ0n) is 11.7. The third-order valence-corrected chi connectivity index (χ3v) is 5.52. The molecule has 0 unspecified atom stereocenters. The highest BCUT2D eigenvalue weighted by Crippen LogP contribution is 2.37. The van der Waals surface area contributed by atoms with E-state index >= 15 is 0 Å². The Hall–Kier alpha value is -0.980. The fourth-order valence-corrected chi connectivity index (χ4v) is 4.16. The highest BCUT2D eigenvalue weighted by molar-refractivity contribution is 7.89. The molecule has 1 aromatic rings. The maximum atomic E-state index is 13.3. The average Bonchev–Trinajstić information content (AvgIpc) is 2.84. The topological polar surface area (TPSA) is 72.2 Å². The first-order valence-electron chi connectivity index (χ1n) is 6.84. The van der Waals surface area contributed by atoms with Crippen LogP contribution < -0.4 is 10.5 Å². The van der Waals surface area contributed by atoms with Gasteiger partial charge < -0.3 is 5.73 Å². The molecule has 3 N–H and O–H groups in total. The first kappa shape index (κ1) is 15.4. The number of sulfonamides is 1. The molecule has 1 aromatic carbocycles. The number of rotatable bonds is 5. The molecule has 0 heterocycles. The number of hydrogen-bond donors (Lipinski definition) is 2. The van der Waals surface area contributed by atoms with E-state index in [9.17, 15) is 12.8 Å². The van der Waals surface area contributed by atoms with Crippen LogP contribution in [0.25, 0.3) is 0 Å². The van der Waals surface area contributed by atoms with E-state index in [1.54, 1.807) is 0 Å². The molecule has 0 atom stereocenters. The van der Waals surface area contributed by atoms with Crippen molar-refractivity contribution in [3.05, 3.63) is 29.6 Å². The normalized spacial score (nSPS) is 18.4. The minimum atomic E-state index is -3.72. The molecule has 0 spiro atoms. The van der Waals surface area contributed by atoms with Crippen LogP contribution in [0.2, 0.25) is 0 Å². The summed E-state index contributed by atoms with van der Waals surface area (Å²) in [7, 11) is -3.72. The van der Waals surface area contributed by atoms with Gasteiger partial charge in [-0.1, -0.05) is 25.8 Å². The third-order valence-electron chi connectivity index (χ3n) is 4.04. The van der Waals surface area contributed by atoms with Crippen molar-refractivity contribution in [2.45, 2.75) is 44.0 Å². The Morgan fingerprint density at radius 3 is 2.60 bits per heavy atom. The molecule has 20 heavy (non-hydrogen) atoms. The van der Waals surface area contributed by atoms with Crippen molar-refractivity contribution in [1.82, 2.24) is 4.72 Å². The summed E-state index contributed by atoms with van der Waals surface area (Å²) < 4.78 is 40.6. The zero-order valence-corrected chi connectivity index (χ0v) is 12.5. The highest BCUT2D eigenvalue weighted by Gasteiger charge is 2.30. The molecule has 0 aromatic heterocycles. The van der Waals surface area contributed by atoms with Gasteiger partial charge in [-0.25, -0.2) is 17.5 Å². The Morgan fingerprint density at radius 2 is 2.00 bits per heavy atom. The van der Waals surface area contributed by atoms with E-state index in [4.69, 9.17) is 5.73 Å². The first-order valence-corrected chi connectivity index (χ1v) is 8.33. The van der Waals surface area contributed by atoms with Crippen LogP contribution in [0.1, 0.15) is 38.2 Å². The number of halogens is 1. The maximum Gasteiger partial charge on any atom is 0.241 e. The number of hydrogen-bond acceptors (Lipinski definition) is 3. The van der Waals surface area contributed by atoms with Crippen LogP contribution >= 0.6 is 0 Å². The zero-order chi connectivity index (χ0) is 14.8. The van der Waals surface area contributed by atoms with Crippen molar-refractivity contribution in [1.29, 1.82) is 0 Å².